The monoisotopic (exact) mass is 436 g/mol. The van der Waals surface area contributed by atoms with Crippen LogP contribution < -0.4 is 0 Å². The third-order valence-electron chi connectivity index (χ3n) is 5.14. The molecule has 4 heterocycles. The Bertz CT molecular complexity index is 917. The number of rotatable bonds is 1. The zero-order valence-electron chi connectivity index (χ0n) is 14.6. The largest absolute Gasteiger partial charge is 0.471 e. The van der Waals surface area contributed by atoms with Crippen LogP contribution in [0.15, 0.2) is 12.3 Å². The van der Waals surface area contributed by atoms with Crippen LogP contribution in [-0.4, -0.2) is 50.2 Å². The number of aliphatic hydroxyl groups is 1. The van der Waals surface area contributed by atoms with Gasteiger partial charge in [0.1, 0.15) is 17.4 Å². The summed E-state index contributed by atoms with van der Waals surface area (Å²) in [7, 11) is 1.59. The van der Waals surface area contributed by atoms with E-state index in [0.29, 0.717) is 14.8 Å². The van der Waals surface area contributed by atoms with E-state index in [9.17, 15) is 23.1 Å². The Kier molecular flexibility index (Phi) is 4.68. The Morgan fingerprint density at radius 2 is 2.25 bits per heavy atom. The van der Waals surface area contributed by atoms with Gasteiger partial charge >= 0.3 is 12.1 Å². The van der Waals surface area contributed by atoms with E-state index in [1.807, 2.05) is 0 Å². The van der Waals surface area contributed by atoms with Crippen LogP contribution in [0.25, 0.3) is 0 Å². The number of alkyl halides is 3. The fraction of sp³-hybridized carbons (Fsp3) is 0.562. The number of aliphatic hydroxyl groups excluding tert-OH is 1. The van der Waals surface area contributed by atoms with Crippen molar-refractivity contribution in [1.82, 2.24) is 19.9 Å². The number of aryl methyl sites for hydroxylation is 1. The summed E-state index contributed by atoms with van der Waals surface area (Å²) in [6.45, 7) is -0.175. The summed E-state index contributed by atoms with van der Waals surface area (Å²) in [6.07, 6.45) is -4.15. The van der Waals surface area contributed by atoms with Crippen LogP contribution in [0.5, 0.6) is 0 Å². The predicted octanol–water partition coefficient (Wildman–Crippen LogP) is 2.71. The topological polar surface area (TPSA) is 80.5 Å². The summed E-state index contributed by atoms with van der Waals surface area (Å²) in [5, 5.41) is 17.9. The molecule has 152 valence electrons. The quantitative estimate of drug-likeness (QED) is 0.743. The van der Waals surface area contributed by atoms with Gasteiger partial charge < -0.3 is 14.7 Å². The number of carbonyl (C=O) groups excluding carboxylic acids is 1. The van der Waals surface area contributed by atoms with Gasteiger partial charge in [-0.05, 0) is 12.5 Å². The molecule has 2 aliphatic heterocycles. The molecule has 1 unspecified atom stereocenters. The Morgan fingerprint density at radius 3 is 2.89 bits per heavy atom. The second-order valence-corrected chi connectivity index (χ2v) is 8.62. The molecule has 1 saturated heterocycles. The van der Waals surface area contributed by atoms with E-state index in [-0.39, 0.29) is 31.7 Å². The average Bonchev–Trinajstić information content (AvgIpc) is 3.24. The predicted molar refractivity (Wildman–Crippen MR) is 92.7 cm³/mol. The number of halogens is 4. The Balaban J connectivity index is 1.75. The molecule has 0 aromatic carbocycles. The highest BCUT2D eigenvalue weighted by Gasteiger charge is 2.53. The maximum Gasteiger partial charge on any atom is 0.471 e. The highest BCUT2D eigenvalue weighted by Crippen LogP contribution is 2.53. The molecule has 0 aliphatic carbocycles. The number of aromatic nitrogens is 3. The number of hydrogen-bond acceptors (Lipinski definition) is 6. The van der Waals surface area contributed by atoms with Gasteiger partial charge in [0.25, 0.3) is 0 Å². The molecule has 28 heavy (non-hydrogen) atoms. The molecule has 1 amide bonds. The molecular formula is C16H16ClF3N4O3S. The van der Waals surface area contributed by atoms with Crippen molar-refractivity contribution in [2.24, 2.45) is 7.05 Å². The van der Waals surface area contributed by atoms with Gasteiger partial charge in [0, 0.05) is 30.5 Å². The third-order valence-corrected chi connectivity index (χ3v) is 6.61. The molecule has 3 atom stereocenters. The Hall–Kier alpha value is -1.69. The summed E-state index contributed by atoms with van der Waals surface area (Å²) in [6, 6.07) is 0.682. The number of ether oxygens (including phenoxy) is 1. The zero-order valence-corrected chi connectivity index (χ0v) is 16.2. The maximum absolute atomic E-state index is 13.1. The van der Waals surface area contributed by atoms with Gasteiger partial charge in [-0.15, -0.1) is 16.4 Å². The summed E-state index contributed by atoms with van der Waals surface area (Å²) >= 11 is 7.36. The molecule has 2 aliphatic rings. The Morgan fingerprint density at radius 1 is 1.50 bits per heavy atom. The number of likely N-dealkylation sites (tertiary alicyclic amines) is 1. The van der Waals surface area contributed by atoms with Crippen molar-refractivity contribution in [2.45, 2.75) is 36.8 Å². The summed E-state index contributed by atoms with van der Waals surface area (Å²) < 4.78 is 47.2. The van der Waals surface area contributed by atoms with E-state index in [1.54, 1.807) is 13.1 Å². The van der Waals surface area contributed by atoms with Gasteiger partial charge in [-0.25, -0.2) is 0 Å². The Labute approximate surface area is 166 Å². The van der Waals surface area contributed by atoms with Crippen molar-refractivity contribution in [3.05, 3.63) is 32.7 Å². The highest BCUT2D eigenvalue weighted by molar-refractivity contribution is 7.16. The fourth-order valence-corrected chi connectivity index (χ4v) is 5.35. The van der Waals surface area contributed by atoms with Crippen molar-refractivity contribution >= 4 is 28.8 Å². The number of amides is 1. The molecule has 0 radical (unpaired) electrons. The number of nitrogens with zero attached hydrogens (tertiary/aromatic N) is 4. The molecule has 0 bridgehead atoms. The molecule has 7 nitrogen and oxygen atoms in total. The van der Waals surface area contributed by atoms with Crippen LogP contribution in [-0.2, 0) is 22.2 Å². The molecule has 12 heteroatoms. The van der Waals surface area contributed by atoms with Crippen molar-refractivity contribution < 1.29 is 27.8 Å². The van der Waals surface area contributed by atoms with E-state index < -0.39 is 29.8 Å². The second kappa shape index (κ2) is 6.68. The first-order valence-electron chi connectivity index (χ1n) is 8.46. The number of piperidine rings is 1. The lowest BCUT2D eigenvalue weighted by atomic mass is 9.80. The minimum Gasteiger partial charge on any atom is -0.386 e. The van der Waals surface area contributed by atoms with Crippen molar-refractivity contribution in [1.29, 1.82) is 0 Å². The van der Waals surface area contributed by atoms with Gasteiger partial charge in [-0.3, -0.25) is 9.48 Å². The molecular weight excluding hydrogens is 421 g/mol. The molecule has 4 rings (SSSR count). The van der Waals surface area contributed by atoms with Crippen LogP contribution >= 0.6 is 22.9 Å². The number of fused-ring (bicyclic) bond motifs is 2. The zero-order chi connectivity index (χ0) is 20.3. The molecule has 1 N–H and O–H groups in total. The smallest absolute Gasteiger partial charge is 0.386 e. The van der Waals surface area contributed by atoms with E-state index in [2.05, 4.69) is 10.3 Å². The third kappa shape index (κ3) is 3.19. The molecule has 1 fully saturated rings. The average molecular weight is 437 g/mol. The molecule has 1 spiro atoms. The minimum absolute atomic E-state index is 0.000464. The van der Waals surface area contributed by atoms with Gasteiger partial charge in [-0.1, -0.05) is 16.8 Å². The fourth-order valence-electron chi connectivity index (χ4n) is 3.88. The SMILES string of the molecule is Cn1cc([C@@H]2C[C@]3(CCN2C(=O)C(F)(F)F)OCC(O)c2cc(Cl)sc23)nn1. The maximum atomic E-state index is 13.1. The normalized spacial score (nSPS) is 27.9. The first kappa shape index (κ1) is 19.6. The molecule has 0 saturated carbocycles. The van der Waals surface area contributed by atoms with E-state index in [1.165, 1.54) is 22.2 Å². The first-order valence-corrected chi connectivity index (χ1v) is 9.66. The number of hydrogen-bond donors (Lipinski definition) is 1. The first-order chi connectivity index (χ1) is 13.1. The summed E-state index contributed by atoms with van der Waals surface area (Å²) in [4.78, 5) is 13.5. The van der Waals surface area contributed by atoms with Crippen molar-refractivity contribution in [3.63, 3.8) is 0 Å². The lowest BCUT2D eigenvalue weighted by Gasteiger charge is -2.48. The van der Waals surface area contributed by atoms with Gasteiger partial charge in [0.15, 0.2) is 0 Å². The molecule has 2 aromatic heterocycles. The van der Waals surface area contributed by atoms with Crippen LogP contribution in [0, 0.1) is 0 Å². The van der Waals surface area contributed by atoms with Crippen molar-refractivity contribution in [3.8, 4) is 0 Å². The number of thiophene rings is 1. The van der Waals surface area contributed by atoms with E-state index in [4.69, 9.17) is 16.3 Å². The van der Waals surface area contributed by atoms with Crippen LogP contribution in [0.1, 0.15) is 41.1 Å². The standard InChI is InChI=1S/C16H16ClF3N4O3S/c1-23-6-9(21-22-23)10-5-15(2-3-24(10)14(26)16(18,19)20)13-8(4-12(17)28-13)11(25)7-27-15/h4,6,10-11,25H,2-3,5,7H2,1H3/t10-,11?,15-/m0/s1. The van der Waals surface area contributed by atoms with Crippen molar-refractivity contribution in [2.75, 3.05) is 13.2 Å². The minimum atomic E-state index is -4.99. The summed E-state index contributed by atoms with van der Waals surface area (Å²) in [5.41, 5.74) is -0.0791. The van der Waals surface area contributed by atoms with Gasteiger partial charge in [0.2, 0.25) is 0 Å². The van der Waals surface area contributed by atoms with Crippen LogP contribution in [0.4, 0.5) is 13.2 Å². The van der Waals surface area contributed by atoms with Gasteiger partial charge in [0.05, 0.1) is 23.2 Å². The van der Waals surface area contributed by atoms with E-state index >= 15 is 0 Å². The summed E-state index contributed by atoms with van der Waals surface area (Å²) in [5.74, 6) is -1.92. The lowest BCUT2D eigenvalue weighted by Crippen LogP contribution is -2.53. The van der Waals surface area contributed by atoms with Gasteiger partial charge in [-0.2, -0.15) is 13.2 Å². The van der Waals surface area contributed by atoms with Crippen LogP contribution in [0.3, 0.4) is 0 Å². The number of carbonyl (C=O) groups is 1. The second-order valence-electron chi connectivity index (χ2n) is 6.94. The van der Waals surface area contributed by atoms with Crippen LogP contribution in [0.2, 0.25) is 4.34 Å². The van der Waals surface area contributed by atoms with E-state index in [0.717, 1.165) is 4.90 Å². The lowest BCUT2D eigenvalue weighted by molar-refractivity contribution is -0.198. The highest BCUT2D eigenvalue weighted by atomic mass is 35.5. The molecule has 2 aromatic rings.